The van der Waals surface area contributed by atoms with Crippen LogP contribution in [-0.2, 0) is 10.8 Å². The molecule has 1 amide bonds. The molecule has 23 heavy (non-hydrogen) atoms. The zero-order valence-electron chi connectivity index (χ0n) is 13.7. The van der Waals surface area contributed by atoms with Gasteiger partial charge in [-0.3, -0.25) is 9.00 Å². The van der Waals surface area contributed by atoms with Crippen molar-refractivity contribution in [3.05, 3.63) is 29.8 Å². The minimum absolute atomic E-state index is 0.00850. The minimum atomic E-state index is -0.994. The molecule has 4 saturated carbocycles. The topological polar surface area (TPSA) is 46.2 Å². The average Bonchev–Trinajstić information content (AvgIpc) is 2.51. The van der Waals surface area contributed by atoms with Crippen molar-refractivity contribution in [2.75, 3.05) is 12.8 Å². The number of carbonyl (C=O) groups excluding carboxylic acids is 1. The smallest absolute Gasteiger partial charge is 0.251 e. The molecule has 1 aromatic carbocycles. The van der Waals surface area contributed by atoms with E-state index < -0.39 is 10.8 Å². The molecule has 4 heteroatoms. The highest BCUT2D eigenvalue weighted by Gasteiger charge is 2.50. The zero-order chi connectivity index (χ0) is 16.0. The third-order valence-electron chi connectivity index (χ3n) is 6.24. The summed E-state index contributed by atoms with van der Waals surface area (Å²) in [7, 11) is -0.994. The van der Waals surface area contributed by atoms with Gasteiger partial charge in [-0.1, -0.05) is 0 Å². The Morgan fingerprint density at radius 3 is 2.09 bits per heavy atom. The molecule has 4 aliphatic carbocycles. The van der Waals surface area contributed by atoms with Gasteiger partial charge in [-0.15, -0.1) is 0 Å². The van der Waals surface area contributed by atoms with Gasteiger partial charge in [0.2, 0.25) is 0 Å². The van der Waals surface area contributed by atoms with Crippen LogP contribution in [0.3, 0.4) is 0 Å². The third kappa shape index (κ3) is 2.98. The Kier molecular flexibility index (Phi) is 3.83. The highest BCUT2D eigenvalue weighted by molar-refractivity contribution is 7.84. The van der Waals surface area contributed by atoms with E-state index in [1.807, 2.05) is 0 Å². The van der Waals surface area contributed by atoms with Gasteiger partial charge in [-0.05, 0) is 86.0 Å². The van der Waals surface area contributed by atoms with Gasteiger partial charge in [0.1, 0.15) is 0 Å². The molecule has 5 rings (SSSR count). The van der Waals surface area contributed by atoms with Crippen molar-refractivity contribution in [2.45, 2.75) is 43.4 Å². The van der Waals surface area contributed by atoms with Crippen molar-refractivity contribution in [3.63, 3.8) is 0 Å². The van der Waals surface area contributed by atoms with Crippen molar-refractivity contribution in [3.8, 4) is 0 Å². The first-order valence-corrected chi connectivity index (χ1v) is 10.3. The Balaban J connectivity index is 1.41. The van der Waals surface area contributed by atoms with Crippen LogP contribution in [0.25, 0.3) is 0 Å². The van der Waals surface area contributed by atoms with Crippen LogP contribution in [0.1, 0.15) is 48.9 Å². The Morgan fingerprint density at radius 2 is 1.61 bits per heavy atom. The fourth-order valence-electron chi connectivity index (χ4n) is 5.67. The molecule has 1 N–H and O–H groups in total. The van der Waals surface area contributed by atoms with E-state index in [9.17, 15) is 9.00 Å². The summed E-state index contributed by atoms with van der Waals surface area (Å²) >= 11 is 0. The van der Waals surface area contributed by atoms with Gasteiger partial charge < -0.3 is 5.32 Å². The van der Waals surface area contributed by atoms with E-state index in [2.05, 4.69) is 5.32 Å². The lowest BCUT2D eigenvalue weighted by molar-refractivity contribution is -0.0503. The van der Waals surface area contributed by atoms with E-state index in [4.69, 9.17) is 0 Å². The fraction of sp³-hybridized carbons (Fsp3) is 0.632. The van der Waals surface area contributed by atoms with Gasteiger partial charge in [0.25, 0.3) is 5.91 Å². The first-order chi connectivity index (χ1) is 11.0. The van der Waals surface area contributed by atoms with Crippen molar-refractivity contribution in [1.82, 2.24) is 5.32 Å². The molecule has 4 aliphatic rings. The third-order valence-corrected chi connectivity index (χ3v) is 7.17. The molecular formula is C19H25NO2S. The number of amides is 1. The van der Waals surface area contributed by atoms with Crippen LogP contribution in [0.4, 0.5) is 0 Å². The zero-order valence-corrected chi connectivity index (χ0v) is 14.5. The summed E-state index contributed by atoms with van der Waals surface area (Å²) in [5.74, 6) is 2.75. The second kappa shape index (κ2) is 5.73. The van der Waals surface area contributed by atoms with Crippen molar-refractivity contribution in [1.29, 1.82) is 0 Å². The van der Waals surface area contributed by atoms with Crippen LogP contribution in [-0.4, -0.2) is 22.9 Å². The Morgan fingerprint density at radius 1 is 1.09 bits per heavy atom. The fourth-order valence-corrected chi connectivity index (χ4v) is 6.19. The predicted molar refractivity (Wildman–Crippen MR) is 91.7 cm³/mol. The summed E-state index contributed by atoms with van der Waals surface area (Å²) in [5, 5.41) is 3.19. The Hall–Kier alpha value is -1.16. The minimum Gasteiger partial charge on any atom is -0.351 e. The maximum absolute atomic E-state index is 12.4. The lowest BCUT2D eigenvalue weighted by atomic mass is 9.49. The molecule has 1 atom stereocenters. The number of rotatable bonds is 4. The van der Waals surface area contributed by atoms with Crippen molar-refractivity contribution in [2.24, 2.45) is 23.2 Å². The molecule has 0 aliphatic heterocycles. The summed E-state index contributed by atoms with van der Waals surface area (Å²) in [5.41, 5.74) is 1.04. The molecule has 0 saturated heterocycles. The quantitative estimate of drug-likeness (QED) is 0.919. The number of carbonyl (C=O) groups is 1. The van der Waals surface area contributed by atoms with E-state index in [1.54, 1.807) is 30.5 Å². The van der Waals surface area contributed by atoms with Crippen LogP contribution in [0, 0.1) is 23.2 Å². The maximum Gasteiger partial charge on any atom is 0.251 e. The molecule has 0 aromatic heterocycles. The van der Waals surface area contributed by atoms with E-state index in [0.29, 0.717) is 11.0 Å². The monoisotopic (exact) mass is 331 g/mol. The molecule has 4 bridgehead atoms. The molecule has 4 fully saturated rings. The van der Waals surface area contributed by atoms with Crippen LogP contribution in [0.5, 0.6) is 0 Å². The van der Waals surface area contributed by atoms with Gasteiger partial charge in [-0.25, -0.2) is 0 Å². The Bertz CT molecular complexity index is 602. The molecule has 0 heterocycles. The number of nitrogens with one attached hydrogen (secondary N) is 1. The van der Waals surface area contributed by atoms with Crippen LogP contribution >= 0.6 is 0 Å². The first-order valence-electron chi connectivity index (χ1n) is 8.75. The van der Waals surface area contributed by atoms with Gasteiger partial charge in [-0.2, -0.15) is 0 Å². The summed E-state index contributed by atoms with van der Waals surface area (Å²) in [6.07, 6.45) is 9.89. The van der Waals surface area contributed by atoms with Crippen molar-refractivity contribution >= 4 is 16.7 Å². The maximum atomic E-state index is 12.4. The standard InChI is InChI=1S/C19H25NO2S/c1-23(22)17-4-2-16(3-5-17)18(21)20-12-19-9-13-6-14(10-19)8-15(7-13)11-19/h2-5,13-15H,6-12H2,1H3,(H,20,21). The summed E-state index contributed by atoms with van der Waals surface area (Å²) in [6, 6.07) is 7.14. The largest absolute Gasteiger partial charge is 0.351 e. The first kappa shape index (κ1) is 15.4. The van der Waals surface area contributed by atoms with Gasteiger partial charge >= 0.3 is 0 Å². The SMILES string of the molecule is CS(=O)c1ccc(C(=O)NCC23CC4CC(CC(C4)C2)C3)cc1. The lowest BCUT2D eigenvalue weighted by Crippen LogP contribution is -2.51. The number of hydrogen-bond donors (Lipinski definition) is 1. The molecule has 1 unspecified atom stereocenters. The number of benzene rings is 1. The summed E-state index contributed by atoms with van der Waals surface area (Å²) < 4.78 is 11.4. The van der Waals surface area contributed by atoms with E-state index in [0.717, 1.165) is 29.2 Å². The lowest BCUT2D eigenvalue weighted by Gasteiger charge is -2.56. The van der Waals surface area contributed by atoms with E-state index in [-0.39, 0.29) is 5.91 Å². The highest BCUT2D eigenvalue weighted by Crippen LogP contribution is 2.59. The molecule has 0 spiro atoms. The highest BCUT2D eigenvalue weighted by atomic mass is 32.2. The molecular weight excluding hydrogens is 306 g/mol. The predicted octanol–water partition coefficient (Wildman–Crippen LogP) is 3.37. The second-order valence-electron chi connectivity index (χ2n) is 8.08. The van der Waals surface area contributed by atoms with Crippen LogP contribution in [0.2, 0.25) is 0 Å². The molecule has 1 aromatic rings. The van der Waals surface area contributed by atoms with Crippen LogP contribution < -0.4 is 5.32 Å². The van der Waals surface area contributed by atoms with Gasteiger partial charge in [0.15, 0.2) is 0 Å². The molecule has 0 radical (unpaired) electrons. The van der Waals surface area contributed by atoms with Crippen molar-refractivity contribution < 1.29 is 9.00 Å². The second-order valence-corrected chi connectivity index (χ2v) is 9.46. The normalized spacial score (nSPS) is 36.0. The van der Waals surface area contributed by atoms with Gasteiger partial charge in [0, 0.05) is 34.1 Å². The van der Waals surface area contributed by atoms with Crippen LogP contribution in [0.15, 0.2) is 29.2 Å². The van der Waals surface area contributed by atoms with E-state index in [1.165, 1.54) is 38.5 Å². The number of hydrogen-bond acceptors (Lipinski definition) is 2. The van der Waals surface area contributed by atoms with Gasteiger partial charge in [0.05, 0.1) is 0 Å². The Labute approximate surface area is 140 Å². The summed E-state index contributed by atoms with van der Waals surface area (Å²) in [4.78, 5) is 13.2. The summed E-state index contributed by atoms with van der Waals surface area (Å²) in [6.45, 7) is 0.830. The van der Waals surface area contributed by atoms with E-state index >= 15 is 0 Å². The molecule has 3 nitrogen and oxygen atoms in total. The average molecular weight is 331 g/mol. The molecule has 124 valence electrons.